The SMILES string of the molecule is CN=C(NCc1ccnn1C)NCC(c1c(F)cccc1Cl)N1CCOC(C)C1.I. The van der Waals surface area contributed by atoms with E-state index in [0.29, 0.717) is 49.3 Å². The molecule has 10 heteroatoms. The number of aliphatic imine (C=N–C) groups is 1. The molecule has 1 aliphatic rings. The summed E-state index contributed by atoms with van der Waals surface area (Å²) in [6, 6.07) is 6.50. The second kappa shape index (κ2) is 11.8. The number of guanidine groups is 1. The Morgan fingerprint density at radius 3 is 2.83 bits per heavy atom. The molecule has 0 saturated carbocycles. The summed E-state index contributed by atoms with van der Waals surface area (Å²) in [5.41, 5.74) is 1.53. The number of aryl methyl sites for hydroxylation is 1. The fourth-order valence-electron chi connectivity index (χ4n) is 3.53. The van der Waals surface area contributed by atoms with Crippen LogP contribution in [0.1, 0.15) is 24.2 Å². The normalized spacial score (nSPS) is 18.6. The van der Waals surface area contributed by atoms with Crippen LogP contribution in [0.4, 0.5) is 4.39 Å². The largest absolute Gasteiger partial charge is 0.376 e. The number of nitrogens with zero attached hydrogens (tertiary/aromatic N) is 4. The van der Waals surface area contributed by atoms with Crippen LogP contribution in [0.25, 0.3) is 0 Å². The first-order chi connectivity index (χ1) is 14.0. The van der Waals surface area contributed by atoms with Crippen LogP contribution in [0.3, 0.4) is 0 Å². The molecule has 2 N–H and O–H groups in total. The van der Waals surface area contributed by atoms with Gasteiger partial charge in [-0.2, -0.15) is 5.10 Å². The summed E-state index contributed by atoms with van der Waals surface area (Å²) >= 11 is 6.39. The van der Waals surface area contributed by atoms with E-state index in [1.165, 1.54) is 6.07 Å². The van der Waals surface area contributed by atoms with E-state index in [1.54, 1.807) is 30.1 Å². The predicted molar refractivity (Wildman–Crippen MR) is 128 cm³/mol. The van der Waals surface area contributed by atoms with Gasteiger partial charge in [0, 0.05) is 50.5 Å². The third-order valence-electron chi connectivity index (χ3n) is 5.09. The minimum atomic E-state index is -0.304. The molecular weight excluding hydrogens is 522 g/mol. The van der Waals surface area contributed by atoms with Crippen LogP contribution < -0.4 is 10.6 Å². The van der Waals surface area contributed by atoms with Gasteiger partial charge in [0.05, 0.1) is 31.0 Å². The zero-order valence-electron chi connectivity index (χ0n) is 17.4. The molecule has 2 aromatic rings. The zero-order chi connectivity index (χ0) is 20.8. The van der Waals surface area contributed by atoms with E-state index in [4.69, 9.17) is 16.3 Å². The van der Waals surface area contributed by atoms with Crippen molar-refractivity contribution < 1.29 is 9.13 Å². The van der Waals surface area contributed by atoms with Gasteiger partial charge >= 0.3 is 0 Å². The molecule has 0 amide bonds. The van der Waals surface area contributed by atoms with Crippen molar-refractivity contribution in [2.75, 3.05) is 33.3 Å². The van der Waals surface area contributed by atoms with Gasteiger partial charge in [0.25, 0.3) is 0 Å². The number of ether oxygens (including phenoxy) is 1. The highest BCUT2D eigenvalue weighted by atomic mass is 127. The molecule has 166 valence electrons. The lowest BCUT2D eigenvalue weighted by Crippen LogP contribution is -2.48. The van der Waals surface area contributed by atoms with Gasteiger partial charge in [-0.25, -0.2) is 4.39 Å². The summed E-state index contributed by atoms with van der Waals surface area (Å²) < 4.78 is 22.2. The standard InChI is InChI=1S/C20H28ClFN6O.HI/c1-14-13-28(9-10-29-14)18(19-16(21)5-4-6-17(19)22)12-25-20(23-2)24-11-15-7-8-26-27(15)3;/h4-8,14,18H,9-13H2,1-3H3,(H2,23,24,25);1H. The molecule has 2 heterocycles. The van der Waals surface area contributed by atoms with Gasteiger partial charge in [-0.05, 0) is 25.1 Å². The molecule has 0 bridgehead atoms. The summed E-state index contributed by atoms with van der Waals surface area (Å²) in [7, 11) is 3.60. The van der Waals surface area contributed by atoms with Crippen LogP contribution in [-0.4, -0.2) is 60.0 Å². The van der Waals surface area contributed by atoms with Crippen molar-refractivity contribution in [3.63, 3.8) is 0 Å². The molecule has 1 aromatic heterocycles. The van der Waals surface area contributed by atoms with Crippen LogP contribution in [0.2, 0.25) is 5.02 Å². The number of benzene rings is 1. The van der Waals surface area contributed by atoms with Crippen molar-refractivity contribution in [3.05, 3.63) is 52.6 Å². The van der Waals surface area contributed by atoms with Crippen LogP contribution >= 0.6 is 35.6 Å². The Hall–Kier alpha value is -1.43. The van der Waals surface area contributed by atoms with Crippen LogP contribution in [0.5, 0.6) is 0 Å². The van der Waals surface area contributed by atoms with Crippen molar-refractivity contribution in [1.82, 2.24) is 25.3 Å². The van der Waals surface area contributed by atoms with Crippen LogP contribution in [0.15, 0.2) is 35.5 Å². The Morgan fingerprint density at radius 2 is 2.20 bits per heavy atom. The number of nitrogens with one attached hydrogen (secondary N) is 2. The van der Waals surface area contributed by atoms with Crippen molar-refractivity contribution >= 4 is 41.5 Å². The Balaban J connectivity index is 0.00000320. The van der Waals surface area contributed by atoms with Gasteiger partial charge in [0.1, 0.15) is 5.82 Å². The average molecular weight is 551 g/mol. The fraction of sp³-hybridized carbons (Fsp3) is 0.500. The smallest absolute Gasteiger partial charge is 0.191 e. The quantitative estimate of drug-likeness (QED) is 0.329. The van der Waals surface area contributed by atoms with E-state index in [-0.39, 0.29) is 41.9 Å². The summed E-state index contributed by atoms with van der Waals surface area (Å²) in [6.07, 6.45) is 1.84. The molecule has 1 saturated heterocycles. The average Bonchev–Trinajstić information content (AvgIpc) is 3.11. The molecule has 2 atom stereocenters. The molecule has 1 fully saturated rings. The Kier molecular flexibility index (Phi) is 9.79. The first-order valence-electron chi connectivity index (χ1n) is 9.70. The second-order valence-corrected chi connectivity index (χ2v) is 7.49. The van der Waals surface area contributed by atoms with Gasteiger partial charge in [0.2, 0.25) is 0 Å². The third kappa shape index (κ3) is 6.29. The summed E-state index contributed by atoms with van der Waals surface area (Å²) in [5, 5.41) is 11.2. The van der Waals surface area contributed by atoms with E-state index in [9.17, 15) is 4.39 Å². The summed E-state index contributed by atoms with van der Waals surface area (Å²) in [4.78, 5) is 6.49. The summed E-state index contributed by atoms with van der Waals surface area (Å²) in [6.45, 7) is 5.08. The first-order valence-corrected chi connectivity index (χ1v) is 10.1. The van der Waals surface area contributed by atoms with Gasteiger partial charge in [-0.15, -0.1) is 24.0 Å². The topological polar surface area (TPSA) is 66.7 Å². The molecule has 0 aliphatic carbocycles. The molecule has 0 spiro atoms. The Bertz CT molecular complexity index is 828. The van der Waals surface area contributed by atoms with Crippen LogP contribution in [-0.2, 0) is 18.3 Å². The van der Waals surface area contributed by atoms with Gasteiger partial charge in [-0.3, -0.25) is 14.6 Å². The lowest BCUT2D eigenvalue weighted by molar-refractivity contribution is -0.0343. The molecule has 1 aliphatic heterocycles. The second-order valence-electron chi connectivity index (χ2n) is 7.08. The molecule has 7 nitrogen and oxygen atoms in total. The number of morpholine rings is 1. The van der Waals surface area contributed by atoms with E-state index < -0.39 is 0 Å². The summed E-state index contributed by atoms with van der Waals surface area (Å²) in [5.74, 6) is 0.325. The highest BCUT2D eigenvalue weighted by molar-refractivity contribution is 14.0. The third-order valence-corrected chi connectivity index (χ3v) is 5.42. The monoisotopic (exact) mass is 550 g/mol. The molecular formula is C20H29ClFIN6O. The lowest BCUT2D eigenvalue weighted by Gasteiger charge is -2.38. The van der Waals surface area contributed by atoms with Gasteiger partial charge in [0.15, 0.2) is 5.96 Å². The number of hydrogen-bond acceptors (Lipinski definition) is 4. The van der Waals surface area contributed by atoms with E-state index in [1.807, 2.05) is 20.0 Å². The van der Waals surface area contributed by atoms with Crippen molar-refractivity contribution in [2.24, 2.45) is 12.0 Å². The van der Waals surface area contributed by atoms with Gasteiger partial charge in [-0.1, -0.05) is 17.7 Å². The fourth-order valence-corrected chi connectivity index (χ4v) is 3.82. The van der Waals surface area contributed by atoms with E-state index in [2.05, 4.69) is 25.6 Å². The first kappa shape index (κ1) is 24.8. The molecule has 0 radical (unpaired) electrons. The predicted octanol–water partition coefficient (Wildman–Crippen LogP) is 2.96. The molecule has 2 unspecified atom stereocenters. The Morgan fingerprint density at radius 1 is 1.40 bits per heavy atom. The zero-order valence-corrected chi connectivity index (χ0v) is 20.5. The number of aromatic nitrogens is 2. The molecule has 1 aromatic carbocycles. The highest BCUT2D eigenvalue weighted by Crippen LogP contribution is 2.31. The molecule has 30 heavy (non-hydrogen) atoms. The minimum absolute atomic E-state index is 0. The minimum Gasteiger partial charge on any atom is -0.376 e. The van der Waals surface area contributed by atoms with Crippen LogP contribution in [0, 0.1) is 5.82 Å². The maximum atomic E-state index is 14.7. The number of hydrogen-bond donors (Lipinski definition) is 2. The molecule has 3 rings (SSSR count). The highest BCUT2D eigenvalue weighted by Gasteiger charge is 2.29. The van der Waals surface area contributed by atoms with Crippen molar-refractivity contribution in [2.45, 2.75) is 25.6 Å². The Labute approximate surface area is 199 Å². The van der Waals surface area contributed by atoms with Gasteiger partial charge < -0.3 is 15.4 Å². The number of rotatable bonds is 6. The maximum absolute atomic E-state index is 14.7. The van der Waals surface area contributed by atoms with Crippen molar-refractivity contribution in [3.8, 4) is 0 Å². The van der Waals surface area contributed by atoms with E-state index in [0.717, 1.165) is 5.69 Å². The number of halogens is 3. The van der Waals surface area contributed by atoms with Crippen molar-refractivity contribution in [1.29, 1.82) is 0 Å². The van der Waals surface area contributed by atoms with E-state index >= 15 is 0 Å². The lowest BCUT2D eigenvalue weighted by atomic mass is 10.0. The maximum Gasteiger partial charge on any atom is 0.191 e.